The van der Waals surface area contributed by atoms with Gasteiger partial charge in [-0.1, -0.05) is 33.8 Å². The van der Waals surface area contributed by atoms with Crippen molar-refractivity contribution in [3.8, 4) is 0 Å². The molecule has 3 unspecified atom stereocenters. The Balaban J connectivity index is 1.94. The van der Waals surface area contributed by atoms with Gasteiger partial charge in [0.15, 0.2) is 0 Å². The Kier molecular flexibility index (Phi) is 5.09. The van der Waals surface area contributed by atoms with Crippen LogP contribution in [0.4, 0.5) is 8.78 Å². The van der Waals surface area contributed by atoms with E-state index in [1.807, 2.05) is 27.7 Å². The molecule has 1 aliphatic carbocycles. The lowest BCUT2D eigenvalue weighted by molar-refractivity contribution is -0.123. The predicted octanol–water partition coefficient (Wildman–Crippen LogP) is 3.23. The van der Waals surface area contributed by atoms with Crippen molar-refractivity contribution >= 4 is 5.91 Å². The first kappa shape index (κ1) is 17.9. The van der Waals surface area contributed by atoms with Crippen molar-refractivity contribution < 1.29 is 18.7 Å². The van der Waals surface area contributed by atoms with E-state index in [-0.39, 0.29) is 17.4 Å². The summed E-state index contributed by atoms with van der Waals surface area (Å²) in [5.74, 6) is -2.10. The van der Waals surface area contributed by atoms with E-state index in [4.69, 9.17) is 0 Å². The molecule has 0 aliphatic heterocycles. The van der Waals surface area contributed by atoms with Crippen LogP contribution < -0.4 is 5.32 Å². The van der Waals surface area contributed by atoms with Crippen LogP contribution in [0.3, 0.4) is 0 Å². The minimum atomic E-state index is -0.596. The number of nitrogens with one attached hydrogen (secondary N) is 1. The topological polar surface area (TPSA) is 49.3 Å². The quantitative estimate of drug-likeness (QED) is 0.844. The molecule has 1 aliphatic rings. The average Bonchev–Trinajstić information content (AvgIpc) is 3.24. The van der Waals surface area contributed by atoms with Gasteiger partial charge >= 0.3 is 0 Å². The molecule has 3 nitrogen and oxygen atoms in total. The number of carbonyl (C=O) groups excluding carboxylic acids is 1. The molecule has 0 bridgehead atoms. The first-order valence-corrected chi connectivity index (χ1v) is 8.05. The van der Waals surface area contributed by atoms with E-state index < -0.39 is 35.0 Å². The summed E-state index contributed by atoms with van der Waals surface area (Å²) >= 11 is 0. The molecule has 23 heavy (non-hydrogen) atoms. The van der Waals surface area contributed by atoms with Crippen LogP contribution in [-0.4, -0.2) is 23.7 Å². The first-order chi connectivity index (χ1) is 10.6. The van der Waals surface area contributed by atoms with Crippen molar-refractivity contribution in [2.45, 2.75) is 46.1 Å². The Morgan fingerprint density at radius 2 is 1.91 bits per heavy atom. The molecular formula is C18H25F2NO2. The van der Waals surface area contributed by atoms with Crippen LogP contribution in [-0.2, 0) is 4.79 Å². The van der Waals surface area contributed by atoms with E-state index in [2.05, 4.69) is 5.32 Å². The minimum Gasteiger partial charge on any atom is -0.392 e. The van der Waals surface area contributed by atoms with Crippen LogP contribution in [0.2, 0.25) is 0 Å². The molecule has 1 fully saturated rings. The highest BCUT2D eigenvalue weighted by Crippen LogP contribution is 2.49. The molecule has 1 amide bonds. The van der Waals surface area contributed by atoms with Gasteiger partial charge in [-0.25, -0.2) is 8.78 Å². The number of amides is 1. The number of halogens is 2. The van der Waals surface area contributed by atoms with Crippen LogP contribution in [0.15, 0.2) is 18.2 Å². The van der Waals surface area contributed by atoms with Crippen molar-refractivity contribution in [3.63, 3.8) is 0 Å². The number of carbonyl (C=O) groups is 1. The normalized spacial score (nSPS) is 22.1. The zero-order chi connectivity index (χ0) is 17.4. The summed E-state index contributed by atoms with van der Waals surface area (Å²) in [5.41, 5.74) is -0.452. The number of hydrogen-bond donors (Lipinski definition) is 2. The third kappa shape index (κ3) is 3.89. The zero-order valence-electron chi connectivity index (χ0n) is 14.1. The van der Waals surface area contributed by atoms with Gasteiger partial charge in [-0.2, -0.15) is 0 Å². The van der Waals surface area contributed by atoms with Gasteiger partial charge in [0.25, 0.3) is 0 Å². The largest absolute Gasteiger partial charge is 0.392 e. The molecular weight excluding hydrogens is 300 g/mol. The molecule has 0 spiro atoms. The molecule has 1 aromatic carbocycles. The van der Waals surface area contributed by atoms with E-state index in [0.29, 0.717) is 13.0 Å². The third-order valence-electron chi connectivity index (χ3n) is 4.65. The standard InChI is InChI=1S/C18H25F2NO2/c1-10(2)16(22)18(3,4)9-21-17(23)12-8-11(12)15-13(19)6-5-7-14(15)20/h5-7,10-12,16,22H,8-9H2,1-4H3,(H,21,23). The van der Waals surface area contributed by atoms with Crippen molar-refractivity contribution in [2.24, 2.45) is 17.3 Å². The van der Waals surface area contributed by atoms with E-state index in [9.17, 15) is 18.7 Å². The fraction of sp³-hybridized carbons (Fsp3) is 0.611. The minimum absolute atomic E-state index is 0.00845. The Bertz CT molecular complexity index is 566. The SMILES string of the molecule is CC(C)C(O)C(C)(C)CNC(=O)C1CC1c1c(F)cccc1F. The lowest BCUT2D eigenvalue weighted by Gasteiger charge is -2.33. The van der Waals surface area contributed by atoms with Crippen molar-refractivity contribution in [3.05, 3.63) is 35.4 Å². The van der Waals surface area contributed by atoms with Gasteiger partial charge < -0.3 is 10.4 Å². The second kappa shape index (κ2) is 6.56. The van der Waals surface area contributed by atoms with Gasteiger partial charge in [0.05, 0.1) is 6.10 Å². The van der Waals surface area contributed by atoms with E-state index in [0.717, 1.165) is 0 Å². The summed E-state index contributed by atoms with van der Waals surface area (Å²) in [6.45, 7) is 7.95. The molecule has 2 rings (SSSR count). The Morgan fingerprint density at radius 3 is 2.43 bits per heavy atom. The molecule has 0 aromatic heterocycles. The number of hydrogen-bond acceptors (Lipinski definition) is 2. The number of rotatable bonds is 6. The maximum atomic E-state index is 13.7. The molecule has 0 saturated heterocycles. The fourth-order valence-electron chi connectivity index (χ4n) is 3.12. The van der Waals surface area contributed by atoms with Crippen molar-refractivity contribution in [1.29, 1.82) is 0 Å². The van der Waals surface area contributed by atoms with E-state index in [1.54, 1.807) is 0 Å². The first-order valence-electron chi connectivity index (χ1n) is 8.05. The van der Waals surface area contributed by atoms with Crippen LogP contribution in [0.1, 0.15) is 45.6 Å². The molecule has 3 atom stereocenters. The molecule has 1 aromatic rings. The van der Waals surface area contributed by atoms with Crippen molar-refractivity contribution in [2.75, 3.05) is 6.54 Å². The van der Waals surface area contributed by atoms with Gasteiger partial charge in [-0.3, -0.25) is 4.79 Å². The highest BCUT2D eigenvalue weighted by Gasteiger charge is 2.47. The average molecular weight is 325 g/mol. The summed E-state index contributed by atoms with van der Waals surface area (Å²) in [6.07, 6.45) is -0.0848. The van der Waals surface area contributed by atoms with E-state index in [1.165, 1.54) is 18.2 Å². The lowest BCUT2D eigenvalue weighted by Crippen LogP contribution is -2.44. The highest BCUT2D eigenvalue weighted by atomic mass is 19.1. The maximum Gasteiger partial charge on any atom is 0.223 e. The second-order valence-corrected chi connectivity index (χ2v) is 7.48. The maximum absolute atomic E-state index is 13.7. The van der Waals surface area contributed by atoms with Crippen LogP contribution in [0, 0.1) is 28.9 Å². The number of benzene rings is 1. The summed E-state index contributed by atoms with van der Waals surface area (Å²) < 4.78 is 27.5. The van der Waals surface area contributed by atoms with Gasteiger partial charge in [0.2, 0.25) is 5.91 Å². The predicted molar refractivity (Wildman–Crippen MR) is 84.8 cm³/mol. The van der Waals surface area contributed by atoms with Crippen LogP contribution in [0.25, 0.3) is 0 Å². The summed E-state index contributed by atoms with van der Waals surface area (Å²) in [5, 5.41) is 13.0. The van der Waals surface area contributed by atoms with Gasteiger partial charge in [0, 0.05) is 29.4 Å². The Labute approximate surface area is 136 Å². The molecule has 2 N–H and O–H groups in total. The fourth-order valence-corrected chi connectivity index (χ4v) is 3.12. The molecule has 5 heteroatoms. The number of aliphatic hydroxyl groups is 1. The van der Waals surface area contributed by atoms with Crippen molar-refractivity contribution in [1.82, 2.24) is 5.32 Å². The zero-order valence-corrected chi connectivity index (χ0v) is 14.1. The Hall–Kier alpha value is -1.49. The molecule has 128 valence electrons. The molecule has 1 saturated carbocycles. The van der Waals surface area contributed by atoms with Gasteiger partial charge in [0.1, 0.15) is 11.6 Å². The van der Waals surface area contributed by atoms with Gasteiger partial charge in [-0.15, -0.1) is 0 Å². The Morgan fingerprint density at radius 1 is 1.35 bits per heavy atom. The molecule has 0 heterocycles. The summed E-state index contributed by atoms with van der Waals surface area (Å²) in [6, 6.07) is 3.75. The van der Waals surface area contributed by atoms with E-state index >= 15 is 0 Å². The van der Waals surface area contributed by atoms with Crippen LogP contribution >= 0.6 is 0 Å². The summed E-state index contributed by atoms with van der Waals surface area (Å²) in [4.78, 5) is 12.2. The third-order valence-corrected chi connectivity index (χ3v) is 4.65. The molecule has 0 radical (unpaired) electrons. The lowest BCUT2D eigenvalue weighted by atomic mass is 9.80. The number of aliphatic hydroxyl groups excluding tert-OH is 1. The van der Waals surface area contributed by atoms with Gasteiger partial charge in [-0.05, 0) is 24.5 Å². The highest BCUT2D eigenvalue weighted by molar-refractivity contribution is 5.83. The monoisotopic (exact) mass is 325 g/mol. The van der Waals surface area contributed by atoms with Crippen LogP contribution in [0.5, 0.6) is 0 Å². The second-order valence-electron chi connectivity index (χ2n) is 7.48. The summed E-state index contributed by atoms with van der Waals surface area (Å²) in [7, 11) is 0. The smallest absolute Gasteiger partial charge is 0.223 e.